The van der Waals surface area contributed by atoms with Crippen LogP contribution in [0, 0.1) is 5.92 Å². The van der Waals surface area contributed by atoms with Crippen LogP contribution in [-0.2, 0) is 30.5 Å². The Labute approximate surface area is 251 Å². The summed E-state index contributed by atoms with van der Waals surface area (Å²) in [7, 11) is 0. The van der Waals surface area contributed by atoms with Gasteiger partial charge in [-0.3, -0.25) is 14.2 Å². The van der Waals surface area contributed by atoms with Gasteiger partial charge in [0.15, 0.2) is 5.65 Å². The number of nitrogens with two attached hydrogens (primary N) is 2. The van der Waals surface area contributed by atoms with Crippen LogP contribution < -0.4 is 11.5 Å². The van der Waals surface area contributed by atoms with Gasteiger partial charge in [-0.1, -0.05) is 104 Å². The van der Waals surface area contributed by atoms with E-state index in [0.29, 0.717) is 17.6 Å². The molecule has 0 saturated heterocycles. The lowest BCUT2D eigenvalue weighted by molar-refractivity contribution is -0.159. The van der Waals surface area contributed by atoms with Gasteiger partial charge < -0.3 is 25.7 Å². The molecule has 42 heavy (non-hydrogen) atoms. The molecule has 1 unspecified atom stereocenters. The Morgan fingerprint density at radius 1 is 0.881 bits per heavy atom. The molecule has 0 spiro atoms. The molecule has 0 bridgehead atoms. The molecule has 0 aliphatic rings. The average molecular weight is 591 g/mol. The molecule has 2 rings (SSSR count). The SMILES string of the molecule is CCCCCCCCCCCCCCCC(=O)OCC(COC(=O)[C@@H](N)[C@@H](C)CC)OCn1cnc2cnc(N)nc21. The quantitative estimate of drug-likeness (QED) is 0.115. The van der Waals surface area contributed by atoms with Crippen LogP contribution in [0.25, 0.3) is 11.2 Å². The average Bonchev–Trinajstić information content (AvgIpc) is 3.39. The summed E-state index contributed by atoms with van der Waals surface area (Å²) in [4.78, 5) is 37.2. The molecule has 2 heterocycles. The summed E-state index contributed by atoms with van der Waals surface area (Å²) in [5.41, 5.74) is 12.8. The molecule has 0 fully saturated rings. The Morgan fingerprint density at radius 3 is 2.10 bits per heavy atom. The smallest absolute Gasteiger partial charge is 0.323 e. The van der Waals surface area contributed by atoms with Crippen molar-refractivity contribution in [1.29, 1.82) is 0 Å². The number of rotatable bonds is 24. The molecule has 11 heteroatoms. The minimum Gasteiger partial charge on any atom is -0.463 e. The van der Waals surface area contributed by atoms with Crippen LogP contribution in [0.2, 0.25) is 0 Å². The van der Waals surface area contributed by atoms with Gasteiger partial charge in [0.2, 0.25) is 5.95 Å². The molecule has 11 nitrogen and oxygen atoms in total. The zero-order chi connectivity index (χ0) is 30.6. The summed E-state index contributed by atoms with van der Waals surface area (Å²) < 4.78 is 18.5. The lowest BCUT2D eigenvalue weighted by atomic mass is 10.0. The highest BCUT2D eigenvalue weighted by Gasteiger charge is 2.23. The molecule has 0 saturated carbocycles. The summed E-state index contributed by atoms with van der Waals surface area (Å²) in [6, 6.07) is -0.731. The molecule has 2 aromatic heterocycles. The fourth-order valence-corrected chi connectivity index (χ4v) is 4.60. The maximum atomic E-state index is 12.4. The fourth-order valence-electron chi connectivity index (χ4n) is 4.60. The van der Waals surface area contributed by atoms with Crippen LogP contribution in [0.1, 0.15) is 117 Å². The monoisotopic (exact) mass is 590 g/mol. The number of hydrogen-bond acceptors (Lipinski definition) is 10. The van der Waals surface area contributed by atoms with Gasteiger partial charge in [0.1, 0.15) is 37.6 Å². The molecular formula is C31H54N6O5. The number of esters is 2. The predicted molar refractivity (Wildman–Crippen MR) is 164 cm³/mol. The van der Waals surface area contributed by atoms with Gasteiger partial charge in [0, 0.05) is 6.42 Å². The maximum Gasteiger partial charge on any atom is 0.323 e. The third kappa shape index (κ3) is 13.9. The number of unbranched alkanes of at least 4 members (excludes halogenated alkanes) is 12. The minimum atomic E-state index is -0.731. The summed E-state index contributed by atoms with van der Waals surface area (Å²) in [5, 5.41) is 0. The molecule has 4 N–H and O–H groups in total. The van der Waals surface area contributed by atoms with Gasteiger partial charge >= 0.3 is 11.9 Å². The first kappa shape index (κ1) is 35.4. The van der Waals surface area contributed by atoms with E-state index in [-0.39, 0.29) is 37.8 Å². The summed E-state index contributed by atoms with van der Waals surface area (Å²) in [5.74, 6) is -0.693. The highest BCUT2D eigenvalue weighted by Crippen LogP contribution is 2.14. The summed E-state index contributed by atoms with van der Waals surface area (Å²) in [6.07, 6.45) is 19.7. The normalized spacial score (nSPS) is 13.6. The van der Waals surface area contributed by atoms with E-state index in [0.717, 1.165) is 25.7 Å². The molecule has 0 aliphatic carbocycles. The number of ether oxygens (including phenoxy) is 3. The number of carbonyl (C=O) groups excluding carboxylic acids is 2. The number of aromatic nitrogens is 4. The van der Waals surface area contributed by atoms with Crippen LogP contribution in [0.5, 0.6) is 0 Å². The van der Waals surface area contributed by atoms with E-state index in [1.807, 2.05) is 13.8 Å². The van der Waals surface area contributed by atoms with Crippen molar-refractivity contribution in [3.63, 3.8) is 0 Å². The first-order valence-electron chi connectivity index (χ1n) is 16.0. The summed E-state index contributed by atoms with van der Waals surface area (Å²) in [6.45, 7) is 6.01. The number of nitrogens with zero attached hydrogens (tertiary/aromatic N) is 4. The van der Waals surface area contributed by atoms with Gasteiger partial charge in [-0.05, 0) is 12.3 Å². The van der Waals surface area contributed by atoms with Gasteiger partial charge in [-0.2, -0.15) is 4.98 Å². The molecule has 3 atom stereocenters. The third-order valence-corrected chi connectivity index (χ3v) is 7.68. The van der Waals surface area contributed by atoms with Crippen molar-refractivity contribution in [2.75, 3.05) is 18.9 Å². The van der Waals surface area contributed by atoms with Crippen molar-refractivity contribution in [1.82, 2.24) is 19.5 Å². The lowest BCUT2D eigenvalue weighted by Crippen LogP contribution is -2.40. The predicted octanol–water partition coefficient (Wildman–Crippen LogP) is 5.69. The number of imidazole rings is 1. The second-order valence-electron chi connectivity index (χ2n) is 11.3. The Hall–Kier alpha value is -2.79. The van der Waals surface area contributed by atoms with Crippen LogP contribution in [0.3, 0.4) is 0 Å². The number of nitrogen functional groups attached to an aromatic ring is 1. The molecular weight excluding hydrogens is 536 g/mol. The van der Waals surface area contributed by atoms with Gasteiger partial charge in [-0.25, -0.2) is 9.97 Å². The van der Waals surface area contributed by atoms with E-state index in [9.17, 15) is 9.59 Å². The number of anilines is 1. The fraction of sp³-hybridized carbons (Fsp3) is 0.774. The molecule has 0 aromatic carbocycles. The van der Waals surface area contributed by atoms with Crippen LogP contribution in [-0.4, -0.2) is 56.8 Å². The van der Waals surface area contributed by atoms with Crippen LogP contribution >= 0.6 is 0 Å². The Kier molecular flexibility index (Phi) is 17.7. The van der Waals surface area contributed by atoms with E-state index in [1.54, 1.807) is 10.9 Å². The summed E-state index contributed by atoms with van der Waals surface area (Å²) >= 11 is 0. The first-order chi connectivity index (χ1) is 20.3. The lowest BCUT2D eigenvalue weighted by Gasteiger charge is -2.21. The van der Waals surface area contributed by atoms with E-state index in [2.05, 4.69) is 21.9 Å². The topological polar surface area (TPSA) is 157 Å². The Morgan fingerprint density at radius 2 is 1.48 bits per heavy atom. The third-order valence-electron chi connectivity index (χ3n) is 7.68. The maximum absolute atomic E-state index is 12.4. The van der Waals surface area contributed by atoms with E-state index < -0.39 is 18.1 Å². The standard InChI is InChI=1S/C31H54N6O5/c1-4-6-7-8-9-10-11-12-13-14-15-16-17-18-27(38)40-20-25(21-41-30(39)28(32)24(3)5-2)42-23-37-22-35-26-19-34-31(33)36-29(26)37/h19,22,24-25,28H,4-18,20-21,23,32H2,1-3H3,(H2,33,34,36)/t24-,25?,28-/m0/s1. The number of carbonyl (C=O) groups is 2. The van der Waals surface area contributed by atoms with Crippen molar-refractivity contribution in [2.45, 2.75) is 136 Å². The van der Waals surface area contributed by atoms with Crippen molar-refractivity contribution in [3.05, 3.63) is 12.5 Å². The molecule has 2 aromatic rings. The molecule has 0 aliphatic heterocycles. The Balaban J connectivity index is 1.70. The number of fused-ring (bicyclic) bond motifs is 1. The minimum absolute atomic E-state index is 0.0162. The van der Waals surface area contributed by atoms with Gasteiger partial charge in [0.25, 0.3) is 0 Å². The second-order valence-corrected chi connectivity index (χ2v) is 11.3. The zero-order valence-corrected chi connectivity index (χ0v) is 26.1. The highest BCUT2D eigenvalue weighted by molar-refractivity contribution is 5.75. The van der Waals surface area contributed by atoms with Crippen LogP contribution in [0.4, 0.5) is 5.95 Å². The van der Waals surface area contributed by atoms with Crippen LogP contribution in [0.15, 0.2) is 12.5 Å². The first-order valence-corrected chi connectivity index (χ1v) is 16.0. The van der Waals surface area contributed by atoms with Crippen molar-refractivity contribution >= 4 is 29.1 Å². The Bertz CT molecular complexity index is 1030. The largest absolute Gasteiger partial charge is 0.463 e. The van der Waals surface area contributed by atoms with E-state index >= 15 is 0 Å². The van der Waals surface area contributed by atoms with E-state index in [1.165, 1.54) is 70.4 Å². The van der Waals surface area contributed by atoms with Gasteiger partial charge in [-0.15, -0.1) is 0 Å². The molecule has 238 valence electrons. The van der Waals surface area contributed by atoms with Crippen molar-refractivity contribution in [3.8, 4) is 0 Å². The number of hydrogen-bond donors (Lipinski definition) is 2. The van der Waals surface area contributed by atoms with Crippen molar-refractivity contribution in [2.24, 2.45) is 11.7 Å². The van der Waals surface area contributed by atoms with Crippen molar-refractivity contribution < 1.29 is 23.8 Å². The molecule has 0 amide bonds. The zero-order valence-electron chi connectivity index (χ0n) is 26.1. The van der Waals surface area contributed by atoms with E-state index in [4.69, 9.17) is 25.7 Å². The van der Waals surface area contributed by atoms with Gasteiger partial charge in [0.05, 0.1) is 12.5 Å². The molecule has 0 radical (unpaired) electrons. The highest BCUT2D eigenvalue weighted by atomic mass is 16.6. The second kappa shape index (κ2) is 21.0.